The molecule has 3 aromatic rings. The molecule has 190 valence electrons. The van der Waals surface area contributed by atoms with E-state index in [4.69, 9.17) is 4.74 Å². The number of rotatable bonds is 4. The molecule has 1 spiro atoms. The van der Waals surface area contributed by atoms with E-state index in [1.54, 1.807) is 12.3 Å². The second kappa shape index (κ2) is 7.45. The summed E-state index contributed by atoms with van der Waals surface area (Å²) in [6.45, 7) is 1.97. The van der Waals surface area contributed by atoms with Gasteiger partial charge in [-0.2, -0.15) is 0 Å². The fourth-order valence-corrected chi connectivity index (χ4v) is 8.18. The summed E-state index contributed by atoms with van der Waals surface area (Å²) in [4.78, 5) is 23.3. The van der Waals surface area contributed by atoms with Crippen LogP contribution in [0.15, 0.2) is 47.6 Å². The van der Waals surface area contributed by atoms with Crippen molar-refractivity contribution < 1.29 is 19.7 Å². The molecular formula is C30H31N3O4. The maximum atomic E-state index is 13.2. The summed E-state index contributed by atoms with van der Waals surface area (Å²) in [7, 11) is 0. The van der Waals surface area contributed by atoms with E-state index in [0.29, 0.717) is 24.2 Å². The molecule has 8 rings (SSSR count). The molecular weight excluding hydrogens is 466 g/mol. The number of hydrogen-bond acceptors (Lipinski definition) is 5. The number of piperidine rings is 1. The van der Waals surface area contributed by atoms with Crippen LogP contribution in [0.25, 0.3) is 10.9 Å². The number of phenols is 1. The molecule has 1 amide bonds. The Morgan fingerprint density at radius 3 is 2.95 bits per heavy atom. The van der Waals surface area contributed by atoms with E-state index in [1.165, 1.54) is 18.4 Å². The number of ether oxygens (including phenoxy) is 1. The van der Waals surface area contributed by atoms with Gasteiger partial charge in [0, 0.05) is 47.4 Å². The van der Waals surface area contributed by atoms with E-state index in [2.05, 4.69) is 14.9 Å². The van der Waals surface area contributed by atoms with Crippen LogP contribution in [-0.2, 0) is 11.8 Å². The van der Waals surface area contributed by atoms with Gasteiger partial charge in [0.1, 0.15) is 6.10 Å². The van der Waals surface area contributed by atoms with Crippen LogP contribution < -0.4 is 4.74 Å². The summed E-state index contributed by atoms with van der Waals surface area (Å²) in [6.07, 6.45) is 8.68. The zero-order chi connectivity index (χ0) is 24.9. The molecule has 37 heavy (non-hydrogen) atoms. The monoisotopic (exact) mass is 497 g/mol. The van der Waals surface area contributed by atoms with Crippen molar-refractivity contribution in [2.24, 2.45) is 16.8 Å². The fraction of sp³-hybridized carbons (Fsp3) is 0.467. The second-order valence-electron chi connectivity index (χ2n) is 11.8. The SMILES string of the molecule is O=C(N=CC1CC[C@@]2(O)[C@H]3Cc4ccc(O)c5c4[C@@]2(CCN3CC2CC2)[C@H]1O5)c1cccc2[nH]ccc12. The quantitative estimate of drug-likeness (QED) is 0.474. The van der Waals surface area contributed by atoms with Gasteiger partial charge in [-0.05, 0) is 80.8 Å². The van der Waals surface area contributed by atoms with E-state index >= 15 is 0 Å². The van der Waals surface area contributed by atoms with E-state index in [0.717, 1.165) is 48.3 Å². The molecule has 2 bridgehead atoms. The number of phenolic OH excluding ortho intramolecular Hbond substituents is 1. The van der Waals surface area contributed by atoms with E-state index < -0.39 is 11.0 Å². The van der Waals surface area contributed by atoms with Gasteiger partial charge in [-0.25, -0.2) is 4.99 Å². The minimum atomic E-state index is -0.929. The number of aliphatic imine (C=N–C) groups is 1. The summed E-state index contributed by atoms with van der Waals surface area (Å²) in [5, 5.41) is 24.2. The molecule has 7 nitrogen and oxygen atoms in total. The first-order valence-corrected chi connectivity index (χ1v) is 13.6. The summed E-state index contributed by atoms with van der Waals surface area (Å²) in [5.74, 6) is 1.00. The molecule has 2 aromatic carbocycles. The lowest BCUT2D eigenvalue weighted by molar-refractivity contribution is -0.191. The standard InChI is InChI=1S/C30H31N3O4/c34-23-7-6-18-14-24-30(36)10-8-19(15-32-28(35)21-2-1-3-22-20(21)9-12-31-22)27-29(30,25(18)26(23)37-27)11-13-33(24)16-17-4-5-17/h1-3,6-7,9,12,15,17,19,24,27,31,34,36H,4-5,8,10-11,13-14,16H2/t19?,24-,27+,29+,30-/m1/s1. The lowest BCUT2D eigenvalue weighted by Crippen LogP contribution is -2.76. The molecule has 3 heterocycles. The number of aromatic hydroxyl groups is 1. The number of aliphatic hydroxyl groups is 1. The van der Waals surface area contributed by atoms with Crippen molar-refractivity contribution in [3.63, 3.8) is 0 Å². The van der Waals surface area contributed by atoms with Crippen molar-refractivity contribution in [3.05, 3.63) is 59.3 Å². The number of carbonyl (C=O) groups excluding carboxylic acids is 1. The largest absolute Gasteiger partial charge is 0.504 e. The Hall–Kier alpha value is -3.16. The number of benzene rings is 2. The van der Waals surface area contributed by atoms with Gasteiger partial charge in [0.05, 0.1) is 16.6 Å². The normalized spacial score (nSPS) is 34.0. The number of fused-ring (bicyclic) bond motifs is 1. The highest BCUT2D eigenvalue weighted by molar-refractivity contribution is 6.09. The van der Waals surface area contributed by atoms with Gasteiger partial charge in [0.15, 0.2) is 11.5 Å². The summed E-state index contributed by atoms with van der Waals surface area (Å²) in [6, 6.07) is 11.3. The molecule has 0 radical (unpaired) electrons. The zero-order valence-electron chi connectivity index (χ0n) is 20.7. The molecule has 3 N–H and O–H groups in total. The lowest BCUT2D eigenvalue weighted by Gasteiger charge is -2.64. The minimum Gasteiger partial charge on any atom is -0.504 e. The smallest absolute Gasteiger partial charge is 0.277 e. The number of hydrogen-bond donors (Lipinski definition) is 3. The van der Waals surface area contributed by atoms with Crippen molar-refractivity contribution in [3.8, 4) is 11.5 Å². The third-order valence-electron chi connectivity index (χ3n) is 10.0. The van der Waals surface area contributed by atoms with Crippen LogP contribution in [0.1, 0.15) is 53.6 Å². The van der Waals surface area contributed by atoms with Crippen molar-refractivity contribution in [1.82, 2.24) is 9.88 Å². The number of nitrogens with zero attached hydrogens (tertiary/aromatic N) is 2. The van der Waals surface area contributed by atoms with Crippen molar-refractivity contribution in [2.45, 2.75) is 61.7 Å². The van der Waals surface area contributed by atoms with E-state index in [9.17, 15) is 15.0 Å². The van der Waals surface area contributed by atoms with Crippen LogP contribution >= 0.6 is 0 Å². The van der Waals surface area contributed by atoms with Gasteiger partial charge in [0.2, 0.25) is 0 Å². The maximum absolute atomic E-state index is 13.2. The first-order chi connectivity index (χ1) is 18.0. The number of amides is 1. The van der Waals surface area contributed by atoms with Crippen LogP contribution in [0.2, 0.25) is 0 Å². The molecule has 2 aliphatic heterocycles. The predicted molar refractivity (Wildman–Crippen MR) is 139 cm³/mol. The third kappa shape index (κ3) is 2.84. The molecule has 5 atom stereocenters. The van der Waals surface area contributed by atoms with E-state index in [-0.39, 0.29) is 29.7 Å². The predicted octanol–water partition coefficient (Wildman–Crippen LogP) is 3.97. The molecule has 3 aliphatic carbocycles. The Labute approximate surface area is 215 Å². The number of likely N-dealkylation sites (tertiary alicyclic amines) is 1. The summed E-state index contributed by atoms with van der Waals surface area (Å²) >= 11 is 0. The van der Waals surface area contributed by atoms with Gasteiger partial charge < -0.3 is 19.9 Å². The number of carbonyl (C=O) groups is 1. The maximum Gasteiger partial charge on any atom is 0.277 e. The number of aromatic amines is 1. The molecule has 1 unspecified atom stereocenters. The average molecular weight is 498 g/mol. The van der Waals surface area contributed by atoms with Gasteiger partial charge in [0.25, 0.3) is 5.91 Å². The Balaban J connectivity index is 1.18. The molecule has 1 aromatic heterocycles. The Morgan fingerprint density at radius 1 is 1.19 bits per heavy atom. The van der Waals surface area contributed by atoms with Crippen LogP contribution in [0, 0.1) is 11.8 Å². The van der Waals surface area contributed by atoms with E-state index in [1.807, 2.05) is 36.5 Å². The highest BCUT2D eigenvalue weighted by Crippen LogP contribution is 2.66. The summed E-state index contributed by atoms with van der Waals surface area (Å²) in [5.41, 5.74) is 2.13. The third-order valence-corrected chi connectivity index (χ3v) is 10.0. The number of H-pyrrole nitrogens is 1. The Morgan fingerprint density at radius 2 is 2.08 bits per heavy atom. The first-order valence-electron chi connectivity index (χ1n) is 13.6. The van der Waals surface area contributed by atoms with Crippen molar-refractivity contribution >= 4 is 23.0 Å². The van der Waals surface area contributed by atoms with Crippen LogP contribution in [0.3, 0.4) is 0 Å². The molecule has 1 saturated heterocycles. The van der Waals surface area contributed by atoms with Gasteiger partial charge >= 0.3 is 0 Å². The molecule has 3 fully saturated rings. The van der Waals surface area contributed by atoms with Crippen molar-refractivity contribution in [1.29, 1.82) is 0 Å². The van der Waals surface area contributed by atoms with Gasteiger partial charge in [-0.1, -0.05) is 12.1 Å². The first kappa shape index (κ1) is 21.9. The Bertz CT molecular complexity index is 1470. The topological polar surface area (TPSA) is 98.2 Å². The Kier molecular flexibility index (Phi) is 4.41. The van der Waals surface area contributed by atoms with Crippen molar-refractivity contribution in [2.75, 3.05) is 13.1 Å². The summed E-state index contributed by atoms with van der Waals surface area (Å²) < 4.78 is 6.58. The zero-order valence-corrected chi connectivity index (χ0v) is 20.7. The van der Waals surface area contributed by atoms with Crippen LogP contribution in [-0.4, -0.2) is 63.1 Å². The van der Waals surface area contributed by atoms with Gasteiger partial charge in [-0.15, -0.1) is 0 Å². The molecule has 5 aliphatic rings. The van der Waals surface area contributed by atoms with Gasteiger partial charge in [-0.3, -0.25) is 9.69 Å². The minimum absolute atomic E-state index is 0.0432. The van der Waals surface area contributed by atoms with Crippen LogP contribution in [0.5, 0.6) is 11.5 Å². The number of aromatic nitrogens is 1. The number of nitrogens with one attached hydrogen (secondary N) is 1. The second-order valence-corrected chi connectivity index (χ2v) is 11.8. The fourth-order valence-electron chi connectivity index (χ4n) is 8.18. The van der Waals surface area contributed by atoms with Crippen LogP contribution in [0.4, 0.5) is 0 Å². The average Bonchev–Trinajstić information content (AvgIpc) is 3.44. The molecule has 7 heteroatoms. The highest BCUT2D eigenvalue weighted by atomic mass is 16.5. The molecule has 2 saturated carbocycles. The lowest BCUT2D eigenvalue weighted by atomic mass is 9.47. The highest BCUT2D eigenvalue weighted by Gasteiger charge is 2.72.